The van der Waals surface area contributed by atoms with E-state index in [1.165, 1.54) is 6.07 Å². The molecule has 0 fully saturated rings. The van der Waals surface area contributed by atoms with Crippen LogP contribution in [0, 0.1) is 12.7 Å². The van der Waals surface area contributed by atoms with E-state index in [9.17, 15) is 9.18 Å². The highest BCUT2D eigenvalue weighted by Gasteiger charge is 2.07. The second-order valence-corrected chi connectivity index (χ2v) is 2.24. The minimum absolute atomic E-state index is 0.0185. The Morgan fingerprint density at radius 1 is 1.55 bits per heavy atom. The van der Waals surface area contributed by atoms with Gasteiger partial charge in [-0.15, -0.1) is 0 Å². The molecule has 1 aromatic carbocycles. The van der Waals surface area contributed by atoms with Crippen molar-refractivity contribution in [1.29, 1.82) is 0 Å². The molecule has 0 aliphatic carbocycles. The van der Waals surface area contributed by atoms with E-state index in [2.05, 4.69) is 0 Å². The molecule has 1 rings (SSSR count). The Morgan fingerprint density at radius 3 is 2.64 bits per heavy atom. The van der Waals surface area contributed by atoms with Crippen LogP contribution in [0.15, 0.2) is 12.1 Å². The molecule has 0 atom stereocenters. The second-order valence-electron chi connectivity index (χ2n) is 2.24. The molecular weight excluding hydrogens is 147 g/mol. The zero-order valence-electron chi connectivity index (χ0n) is 5.97. The molecule has 0 spiro atoms. The topological polar surface area (TPSA) is 37.3 Å². The van der Waals surface area contributed by atoms with Gasteiger partial charge in [-0.2, -0.15) is 0 Å². The summed E-state index contributed by atoms with van der Waals surface area (Å²) in [7, 11) is 0. The van der Waals surface area contributed by atoms with Gasteiger partial charge in [-0.3, -0.25) is 4.79 Å². The van der Waals surface area contributed by atoms with Crippen molar-refractivity contribution in [3.63, 3.8) is 0 Å². The Hall–Kier alpha value is -1.38. The monoisotopic (exact) mass is 154 g/mol. The Morgan fingerprint density at radius 2 is 2.18 bits per heavy atom. The zero-order chi connectivity index (χ0) is 8.43. The van der Waals surface area contributed by atoms with E-state index in [1.54, 1.807) is 6.92 Å². The summed E-state index contributed by atoms with van der Waals surface area (Å²) in [6.07, 6.45) is 0.438. The molecule has 0 saturated heterocycles. The number of hydrogen-bond donors (Lipinski definition) is 1. The molecule has 1 aromatic rings. The van der Waals surface area contributed by atoms with Crippen LogP contribution in [-0.2, 0) is 0 Å². The smallest absolute Gasteiger partial charge is 0.165 e. The first-order chi connectivity index (χ1) is 5.16. The van der Waals surface area contributed by atoms with Crippen molar-refractivity contribution >= 4 is 6.29 Å². The number of phenols is 1. The van der Waals surface area contributed by atoms with Gasteiger partial charge in [0.1, 0.15) is 0 Å². The quantitative estimate of drug-likeness (QED) is 0.624. The number of carbonyl (C=O) groups excluding carboxylic acids is 1. The molecule has 3 heteroatoms. The number of hydrogen-bond acceptors (Lipinski definition) is 2. The van der Waals surface area contributed by atoms with Gasteiger partial charge in [-0.05, 0) is 18.6 Å². The van der Waals surface area contributed by atoms with E-state index in [4.69, 9.17) is 5.11 Å². The number of aromatic hydroxyl groups is 1. The number of carbonyl (C=O) groups is 1. The van der Waals surface area contributed by atoms with Crippen LogP contribution in [-0.4, -0.2) is 11.4 Å². The maximum atomic E-state index is 12.5. The van der Waals surface area contributed by atoms with Crippen molar-refractivity contribution in [3.8, 4) is 5.75 Å². The molecule has 58 valence electrons. The van der Waals surface area contributed by atoms with Crippen LogP contribution < -0.4 is 0 Å². The molecule has 0 aliphatic heterocycles. The fourth-order valence-corrected chi connectivity index (χ4v) is 0.831. The molecule has 0 bridgehead atoms. The Balaban J connectivity index is 3.40. The van der Waals surface area contributed by atoms with E-state index in [0.29, 0.717) is 11.8 Å². The summed E-state index contributed by atoms with van der Waals surface area (Å²) in [6.45, 7) is 1.63. The highest BCUT2D eigenvalue weighted by atomic mass is 19.1. The summed E-state index contributed by atoms with van der Waals surface area (Å²) < 4.78 is 12.5. The molecule has 0 aromatic heterocycles. The molecule has 0 saturated carbocycles. The molecule has 1 N–H and O–H groups in total. The fourth-order valence-electron chi connectivity index (χ4n) is 0.831. The third-order valence-corrected chi connectivity index (χ3v) is 1.50. The van der Waals surface area contributed by atoms with Crippen molar-refractivity contribution in [1.82, 2.24) is 0 Å². The molecule has 11 heavy (non-hydrogen) atoms. The lowest BCUT2D eigenvalue weighted by Crippen LogP contribution is -1.89. The predicted molar refractivity (Wildman–Crippen MR) is 38.2 cm³/mol. The van der Waals surface area contributed by atoms with Crippen LogP contribution in [0.5, 0.6) is 5.75 Å². The van der Waals surface area contributed by atoms with Gasteiger partial charge in [-0.25, -0.2) is 4.39 Å². The average Bonchev–Trinajstić information content (AvgIpc) is 1.99. The van der Waals surface area contributed by atoms with Gasteiger partial charge in [0.25, 0.3) is 0 Å². The van der Waals surface area contributed by atoms with Crippen molar-refractivity contribution in [2.24, 2.45) is 0 Å². The highest BCUT2D eigenvalue weighted by molar-refractivity contribution is 5.81. The van der Waals surface area contributed by atoms with E-state index in [1.807, 2.05) is 0 Å². The van der Waals surface area contributed by atoms with Gasteiger partial charge in [0.05, 0.1) is 5.56 Å². The largest absolute Gasteiger partial charge is 0.504 e. The van der Waals surface area contributed by atoms with Crippen molar-refractivity contribution in [2.45, 2.75) is 6.92 Å². The van der Waals surface area contributed by atoms with Crippen LogP contribution in [0.1, 0.15) is 15.9 Å². The van der Waals surface area contributed by atoms with Gasteiger partial charge < -0.3 is 5.11 Å². The molecular formula is C8H7FO2. The maximum absolute atomic E-state index is 12.5. The third kappa shape index (κ3) is 1.22. The van der Waals surface area contributed by atoms with Gasteiger partial charge >= 0.3 is 0 Å². The summed E-state index contributed by atoms with van der Waals surface area (Å²) in [5.41, 5.74) is 0.587. The van der Waals surface area contributed by atoms with Crippen molar-refractivity contribution < 1.29 is 14.3 Å². The number of halogens is 1. The van der Waals surface area contributed by atoms with Gasteiger partial charge in [0.2, 0.25) is 0 Å². The highest BCUT2D eigenvalue weighted by Crippen LogP contribution is 2.21. The van der Waals surface area contributed by atoms with Crippen molar-refractivity contribution in [3.05, 3.63) is 29.1 Å². The summed E-state index contributed by atoms with van der Waals surface area (Å²) in [5, 5.41) is 8.97. The van der Waals surface area contributed by atoms with Gasteiger partial charge in [0, 0.05) is 0 Å². The van der Waals surface area contributed by atoms with Crippen molar-refractivity contribution in [2.75, 3.05) is 0 Å². The van der Waals surface area contributed by atoms with Crippen LogP contribution in [0.2, 0.25) is 0 Å². The summed E-state index contributed by atoms with van der Waals surface area (Å²) in [4.78, 5) is 10.3. The molecule has 0 amide bonds. The molecule has 0 heterocycles. The first-order valence-electron chi connectivity index (χ1n) is 3.10. The van der Waals surface area contributed by atoms with E-state index in [-0.39, 0.29) is 5.56 Å². The Kier molecular flexibility index (Phi) is 1.89. The van der Waals surface area contributed by atoms with Crippen LogP contribution in [0.3, 0.4) is 0 Å². The van der Waals surface area contributed by atoms with E-state index in [0.717, 1.165) is 6.07 Å². The van der Waals surface area contributed by atoms with Crippen LogP contribution in [0.25, 0.3) is 0 Å². The second kappa shape index (κ2) is 2.70. The fraction of sp³-hybridized carbons (Fsp3) is 0.125. The van der Waals surface area contributed by atoms with Crippen LogP contribution >= 0.6 is 0 Å². The third-order valence-electron chi connectivity index (χ3n) is 1.50. The number of rotatable bonds is 1. The molecule has 0 unspecified atom stereocenters. The van der Waals surface area contributed by atoms with E-state index < -0.39 is 11.6 Å². The first kappa shape index (κ1) is 7.72. The maximum Gasteiger partial charge on any atom is 0.165 e. The first-order valence-corrected chi connectivity index (χ1v) is 3.10. The van der Waals surface area contributed by atoms with E-state index >= 15 is 0 Å². The number of benzene rings is 1. The zero-order valence-corrected chi connectivity index (χ0v) is 5.97. The number of aldehydes is 1. The lowest BCUT2D eigenvalue weighted by molar-refractivity contribution is 0.111. The SMILES string of the molecule is Cc1ccc(F)c(O)c1C=O. The predicted octanol–water partition coefficient (Wildman–Crippen LogP) is 1.65. The summed E-state index contributed by atoms with van der Waals surface area (Å²) in [6, 6.07) is 2.57. The lowest BCUT2D eigenvalue weighted by Gasteiger charge is -2.00. The van der Waals surface area contributed by atoms with Crippen LogP contribution in [0.4, 0.5) is 4.39 Å². The van der Waals surface area contributed by atoms with Gasteiger partial charge in [0.15, 0.2) is 17.9 Å². The van der Waals surface area contributed by atoms with Gasteiger partial charge in [-0.1, -0.05) is 6.07 Å². The summed E-state index contributed by atoms with van der Waals surface area (Å²) in [5.74, 6) is -1.34. The molecule has 2 nitrogen and oxygen atoms in total. The molecule has 0 radical (unpaired) electrons. The molecule has 0 aliphatic rings. The minimum Gasteiger partial charge on any atom is -0.504 e. The Bertz CT molecular complexity index is 294. The standard InChI is InChI=1S/C8H7FO2/c1-5-2-3-7(9)8(11)6(5)4-10/h2-4,11H,1H3. The lowest BCUT2D eigenvalue weighted by atomic mass is 10.1. The average molecular weight is 154 g/mol. The number of aryl methyl sites for hydroxylation is 1. The minimum atomic E-state index is -0.766. The summed E-state index contributed by atoms with van der Waals surface area (Å²) >= 11 is 0. The normalized spacial score (nSPS) is 9.64. The number of phenolic OH excluding ortho intramolecular Hbond substituents is 1. The Labute approximate surface area is 63.3 Å².